The zero-order valence-corrected chi connectivity index (χ0v) is 10.9. The third-order valence-electron chi connectivity index (χ3n) is 3.85. The summed E-state index contributed by atoms with van der Waals surface area (Å²) >= 11 is 0. The first-order chi connectivity index (χ1) is 8.72. The third-order valence-corrected chi connectivity index (χ3v) is 3.85. The lowest BCUT2D eigenvalue weighted by atomic mass is 10.1. The number of nitrogens with one attached hydrogen (secondary N) is 1. The molecule has 1 fully saturated rings. The molecule has 0 aromatic heterocycles. The van der Waals surface area contributed by atoms with Gasteiger partial charge in [0.1, 0.15) is 0 Å². The lowest BCUT2D eigenvalue weighted by Crippen LogP contribution is -2.27. The lowest BCUT2D eigenvalue weighted by molar-refractivity contribution is 0.640. The van der Waals surface area contributed by atoms with Crippen LogP contribution in [0.2, 0.25) is 0 Å². The van der Waals surface area contributed by atoms with Crippen molar-refractivity contribution >= 4 is 5.69 Å². The fourth-order valence-electron chi connectivity index (χ4n) is 2.63. The molecule has 1 aromatic carbocycles. The predicted molar refractivity (Wildman–Crippen MR) is 75.5 cm³/mol. The summed E-state index contributed by atoms with van der Waals surface area (Å²) in [6.45, 7) is 1.97. The van der Waals surface area contributed by atoms with Gasteiger partial charge in [-0.1, -0.05) is 12.1 Å². The topological polar surface area (TPSA) is 41.3 Å². The molecule has 0 bridgehead atoms. The van der Waals surface area contributed by atoms with Crippen LogP contribution in [0.1, 0.15) is 24.3 Å². The van der Waals surface area contributed by atoms with Crippen molar-refractivity contribution in [1.29, 1.82) is 0 Å². The summed E-state index contributed by atoms with van der Waals surface area (Å²) in [5.41, 5.74) is 8.56. The molecule has 0 saturated heterocycles. The Morgan fingerprint density at radius 3 is 2.89 bits per heavy atom. The Hall–Kier alpha value is -1.64. The van der Waals surface area contributed by atoms with Crippen LogP contribution in [-0.2, 0) is 0 Å². The first-order valence-corrected chi connectivity index (χ1v) is 6.74. The van der Waals surface area contributed by atoms with Crippen LogP contribution in [0.25, 0.3) is 0 Å². The summed E-state index contributed by atoms with van der Waals surface area (Å²) in [4.78, 5) is 2.33. The van der Waals surface area contributed by atoms with Gasteiger partial charge in [0.05, 0.1) is 5.82 Å². The minimum atomic E-state index is 0.514. The lowest BCUT2D eigenvalue weighted by Gasteiger charge is -2.22. The number of hydrogen-bond donors (Lipinski definition) is 2. The van der Waals surface area contributed by atoms with Crippen molar-refractivity contribution in [1.82, 2.24) is 5.32 Å². The highest BCUT2D eigenvalue weighted by Gasteiger charge is 2.24. The summed E-state index contributed by atoms with van der Waals surface area (Å²) in [7, 11) is 2.16. The Morgan fingerprint density at radius 1 is 1.39 bits per heavy atom. The van der Waals surface area contributed by atoms with Crippen LogP contribution in [0.4, 0.5) is 5.69 Å². The van der Waals surface area contributed by atoms with Gasteiger partial charge in [-0.15, -0.1) is 0 Å². The molecule has 3 heteroatoms. The van der Waals surface area contributed by atoms with E-state index in [2.05, 4.69) is 47.6 Å². The Labute approximate surface area is 109 Å². The van der Waals surface area contributed by atoms with Gasteiger partial charge in [-0.2, -0.15) is 0 Å². The molecule has 0 radical (unpaired) electrons. The van der Waals surface area contributed by atoms with E-state index < -0.39 is 0 Å². The van der Waals surface area contributed by atoms with Gasteiger partial charge in [0.2, 0.25) is 0 Å². The molecule has 1 aliphatic carbocycles. The minimum absolute atomic E-state index is 0.514. The Balaban J connectivity index is 1.67. The molecule has 1 aromatic rings. The van der Waals surface area contributed by atoms with Gasteiger partial charge in [-0.05, 0) is 42.5 Å². The maximum Gasteiger partial charge on any atom is 0.0923 e. The molecule has 3 nitrogen and oxygen atoms in total. The molecule has 1 atom stereocenters. The van der Waals surface area contributed by atoms with E-state index >= 15 is 0 Å². The van der Waals surface area contributed by atoms with Crippen LogP contribution >= 0.6 is 0 Å². The van der Waals surface area contributed by atoms with Crippen molar-refractivity contribution in [3.63, 3.8) is 0 Å². The number of nitrogens with two attached hydrogens (primary N) is 1. The van der Waals surface area contributed by atoms with E-state index in [9.17, 15) is 0 Å². The summed E-state index contributed by atoms with van der Waals surface area (Å²) in [6, 6.07) is 8.97. The van der Waals surface area contributed by atoms with Crippen LogP contribution in [0.5, 0.6) is 0 Å². The number of anilines is 1. The summed E-state index contributed by atoms with van der Waals surface area (Å²) in [5.74, 6) is 2.15. The maximum absolute atomic E-state index is 5.74. The van der Waals surface area contributed by atoms with E-state index in [0.29, 0.717) is 5.92 Å². The van der Waals surface area contributed by atoms with Crippen LogP contribution < -0.4 is 16.0 Å². The van der Waals surface area contributed by atoms with Crippen molar-refractivity contribution < 1.29 is 0 Å². The Bertz CT molecular complexity index is 463. The Kier molecular flexibility index (Phi) is 2.90. The molecular formula is C15H21N3. The highest BCUT2D eigenvalue weighted by Crippen LogP contribution is 2.40. The van der Waals surface area contributed by atoms with E-state index in [1.54, 1.807) is 0 Å². The van der Waals surface area contributed by atoms with Gasteiger partial charge < -0.3 is 16.0 Å². The van der Waals surface area contributed by atoms with Crippen LogP contribution in [0, 0.1) is 5.92 Å². The Morgan fingerprint density at radius 2 is 2.22 bits per heavy atom. The van der Waals surface area contributed by atoms with Gasteiger partial charge in [-0.3, -0.25) is 0 Å². The second-order valence-electron chi connectivity index (χ2n) is 5.51. The van der Waals surface area contributed by atoms with Gasteiger partial charge in [0.25, 0.3) is 0 Å². The van der Waals surface area contributed by atoms with Crippen molar-refractivity contribution in [2.24, 2.45) is 11.7 Å². The van der Waals surface area contributed by atoms with Gasteiger partial charge in [0.15, 0.2) is 0 Å². The largest absolute Gasteiger partial charge is 0.386 e. The van der Waals surface area contributed by atoms with E-state index in [1.807, 2.05) is 0 Å². The zero-order chi connectivity index (χ0) is 12.5. The summed E-state index contributed by atoms with van der Waals surface area (Å²) in [5, 5.41) is 3.18. The average molecular weight is 243 g/mol. The first-order valence-electron chi connectivity index (χ1n) is 6.74. The van der Waals surface area contributed by atoms with Crippen molar-refractivity contribution in [2.75, 3.05) is 25.0 Å². The average Bonchev–Trinajstić information content (AvgIpc) is 3.14. The van der Waals surface area contributed by atoms with Crippen LogP contribution in [-0.4, -0.2) is 20.1 Å². The molecule has 18 heavy (non-hydrogen) atoms. The fourth-order valence-corrected chi connectivity index (χ4v) is 2.63. The SMILES string of the molecule is CN(C[C@H]1C=C(N)NC1)c1cccc(C2CC2)c1. The fraction of sp³-hybridized carbons (Fsp3) is 0.467. The molecule has 3 N–H and O–H groups in total. The second-order valence-corrected chi connectivity index (χ2v) is 5.51. The van der Waals surface area contributed by atoms with Gasteiger partial charge in [-0.25, -0.2) is 0 Å². The van der Waals surface area contributed by atoms with Gasteiger partial charge >= 0.3 is 0 Å². The number of nitrogens with zero attached hydrogens (tertiary/aromatic N) is 1. The van der Waals surface area contributed by atoms with E-state index in [0.717, 1.165) is 24.8 Å². The first kappa shape index (κ1) is 11.5. The number of hydrogen-bond acceptors (Lipinski definition) is 3. The summed E-state index contributed by atoms with van der Waals surface area (Å²) < 4.78 is 0. The molecule has 3 rings (SSSR count). The monoisotopic (exact) mass is 243 g/mol. The normalized spacial score (nSPS) is 22.5. The molecule has 1 aliphatic heterocycles. The minimum Gasteiger partial charge on any atom is -0.386 e. The van der Waals surface area contributed by atoms with Gasteiger partial charge in [0, 0.05) is 31.7 Å². The third kappa shape index (κ3) is 2.45. The maximum atomic E-state index is 5.74. The number of rotatable bonds is 4. The van der Waals surface area contributed by atoms with E-state index in [1.165, 1.54) is 24.1 Å². The molecule has 0 unspecified atom stereocenters. The molecule has 1 saturated carbocycles. The van der Waals surface area contributed by atoms with Crippen molar-refractivity contribution in [2.45, 2.75) is 18.8 Å². The highest BCUT2D eigenvalue weighted by atomic mass is 15.1. The quantitative estimate of drug-likeness (QED) is 0.850. The van der Waals surface area contributed by atoms with Crippen LogP contribution in [0.3, 0.4) is 0 Å². The molecule has 1 heterocycles. The molecule has 0 spiro atoms. The van der Waals surface area contributed by atoms with Crippen molar-refractivity contribution in [3.8, 4) is 0 Å². The molecule has 0 amide bonds. The standard InChI is InChI=1S/C15H21N3/c1-18(10-11-7-15(16)17-9-11)14-4-2-3-13(8-14)12-5-6-12/h2-4,7-8,11-12,17H,5-6,9-10,16H2,1H3/t11-/m0/s1. The second kappa shape index (κ2) is 4.56. The van der Waals surface area contributed by atoms with E-state index in [4.69, 9.17) is 5.73 Å². The molecular weight excluding hydrogens is 222 g/mol. The smallest absolute Gasteiger partial charge is 0.0923 e. The zero-order valence-electron chi connectivity index (χ0n) is 10.9. The van der Waals surface area contributed by atoms with Crippen molar-refractivity contribution in [3.05, 3.63) is 41.7 Å². The summed E-state index contributed by atoms with van der Waals surface area (Å²) in [6.07, 6.45) is 4.85. The predicted octanol–water partition coefficient (Wildman–Crippen LogP) is 2.02. The number of benzene rings is 1. The molecule has 96 valence electrons. The van der Waals surface area contributed by atoms with E-state index in [-0.39, 0.29) is 0 Å². The molecule has 2 aliphatic rings. The highest BCUT2D eigenvalue weighted by molar-refractivity contribution is 5.49. The van der Waals surface area contributed by atoms with Crippen LogP contribution in [0.15, 0.2) is 36.2 Å².